The molecule has 0 aromatic carbocycles. The van der Waals surface area contributed by atoms with E-state index in [1.807, 2.05) is 0 Å². The van der Waals surface area contributed by atoms with Crippen molar-refractivity contribution in [1.82, 2.24) is 0 Å². The molecule has 34 valence electrons. The van der Waals surface area contributed by atoms with Crippen LogP contribution in [0, 0.1) is 0 Å². The van der Waals surface area contributed by atoms with Gasteiger partial charge in [-0.25, -0.2) is 0 Å². The summed E-state index contributed by atoms with van der Waals surface area (Å²) in [5.74, 6) is 0. The molecule has 0 aliphatic carbocycles. The minimum Gasteiger partial charge on any atom is -0.0702 e. The van der Waals surface area contributed by atoms with E-state index >= 15 is 0 Å². The summed E-state index contributed by atoms with van der Waals surface area (Å²) in [5, 5.41) is 0. The average molecular weight is 98.0 g/mol. The zero-order chi connectivity index (χ0) is 4.83. The predicted octanol–water partition coefficient (Wildman–Crippen LogP) is 0.457. The molecule has 0 nitrogen and oxygen atoms in total. The third-order valence-electron chi connectivity index (χ3n) is 0.808. The van der Waals surface area contributed by atoms with Crippen LogP contribution in [-0.2, 0) is 0 Å². The molecular formula is C4H11BSi. The first-order chi connectivity index (χ1) is 2.91. The van der Waals surface area contributed by atoms with E-state index in [4.69, 9.17) is 7.44 Å². The fraction of sp³-hybridized carbons (Fsp3) is 1.00. The summed E-state index contributed by atoms with van der Waals surface area (Å²) in [6.07, 6.45) is 2.66. The van der Waals surface area contributed by atoms with Crippen LogP contribution in [-0.4, -0.2) is 16.8 Å². The van der Waals surface area contributed by atoms with E-state index < -0.39 is 0 Å². The monoisotopic (exact) mass is 98.1 g/mol. The van der Waals surface area contributed by atoms with Crippen LogP contribution in [0.25, 0.3) is 0 Å². The molecule has 0 aliphatic rings. The van der Waals surface area contributed by atoms with E-state index in [1.165, 1.54) is 18.9 Å². The summed E-state index contributed by atoms with van der Waals surface area (Å²) in [4.78, 5) is 0. The molecule has 6 heavy (non-hydrogen) atoms. The van der Waals surface area contributed by atoms with Gasteiger partial charge in [0.25, 0.3) is 0 Å². The van der Waals surface area contributed by atoms with Gasteiger partial charge in [0.2, 0.25) is 0 Å². The fourth-order valence-electron chi connectivity index (χ4n) is 0.394. The molecule has 0 heterocycles. The van der Waals surface area contributed by atoms with Gasteiger partial charge in [0.05, 0.1) is 0 Å². The van der Waals surface area contributed by atoms with Crippen molar-refractivity contribution in [2.75, 3.05) is 0 Å². The first kappa shape index (κ1) is 6.28. The van der Waals surface area contributed by atoms with Gasteiger partial charge >= 0.3 is 0 Å². The third kappa shape index (κ3) is 4.28. The molecule has 0 atom stereocenters. The van der Waals surface area contributed by atoms with E-state index in [2.05, 4.69) is 6.92 Å². The van der Waals surface area contributed by atoms with Crippen molar-refractivity contribution >= 4 is 16.8 Å². The second-order valence-electron chi connectivity index (χ2n) is 1.50. The van der Waals surface area contributed by atoms with Crippen LogP contribution < -0.4 is 0 Å². The van der Waals surface area contributed by atoms with Crippen LogP contribution in [0.2, 0.25) is 6.04 Å². The zero-order valence-electron chi connectivity index (χ0n) is 4.41. The molecule has 0 saturated carbocycles. The van der Waals surface area contributed by atoms with Crippen LogP contribution in [0.5, 0.6) is 0 Å². The molecule has 0 saturated heterocycles. The molecule has 0 rings (SSSR count). The van der Waals surface area contributed by atoms with Crippen LogP contribution in [0.3, 0.4) is 0 Å². The molecule has 2 radical (unpaired) electrons. The Morgan fingerprint density at radius 1 is 1.67 bits per heavy atom. The summed E-state index contributed by atoms with van der Waals surface area (Å²) in [5.41, 5.74) is 0. The van der Waals surface area contributed by atoms with Crippen molar-refractivity contribution in [3.8, 4) is 0 Å². The lowest BCUT2D eigenvalue weighted by Crippen LogP contribution is -1.84. The van der Waals surface area contributed by atoms with Gasteiger partial charge in [0.15, 0.2) is 0 Å². The van der Waals surface area contributed by atoms with Gasteiger partial charge in [0.1, 0.15) is 0 Å². The summed E-state index contributed by atoms with van der Waals surface area (Å²) < 4.78 is 0. The maximum atomic E-state index is 5.35. The normalized spacial score (nSPS) is 10.8. The second-order valence-corrected chi connectivity index (χ2v) is 2.78. The van der Waals surface area contributed by atoms with Crippen molar-refractivity contribution in [2.45, 2.75) is 25.8 Å². The highest BCUT2D eigenvalue weighted by Crippen LogP contribution is 1.89. The lowest BCUT2D eigenvalue weighted by Gasteiger charge is -1.85. The highest BCUT2D eigenvalue weighted by Gasteiger charge is 1.76. The Morgan fingerprint density at radius 3 is 2.50 bits per heavy atom. The third-order valence-corrected chi connectivity index (χ3v) is 1.72. The van der Waals surface area contributed by atoms with E-state index in [0.717, 1.165) is 0 Å². The quantitative estimate of drug-likeness (QED) is 0.355. The first-order valence-corrected chi connectivity index (χ1v) is 4.43. The first-order valence-electron chi connectivity index (χ1n) is 2.62. The van der Waals surface area contributed by atoms with Crippen LogP contribution in [0.15, 0.2) is 0 Å². The summed E-state index contributed by atoms with van der Waals surface area (Å²) in [6.45, 7) is 2.20. The van der Waals surface area contributed by atoms with Crippen molar-refractivity contribution in [3.05, 3.63) is 0 Å². The minimum atomic E-state index is -0.0970. The molecule has 0 spiro atoms. The number of rotatable bonds is 3. The van der Waals surface area contributed by atoms with Crippen LogP contribution in [0.4, 0.5) is 0 Å². The molecule has 0 N–H and O–H groups in total. The van der Waals surface area contributed by atoms with E-state index in [0.29, 0.717) is 0 Å². The Morgan fingerprint density at radius 2 is 2.33 bits per heavy atom. The summed E-state index contributed by atoms with van der Waals surface area (Å²) >= 11 is 0. The van der Waals surface area contributed by atoms with Gasteiger partial charge in [-0.15, -0.1) is 0 Å². The SMILES string of the molecule is [B][SiH2]CCCC. The predicted molar refractivity (Wildman–Crippen MR) is 34.0 cm³/mol. The average Bonchev–Trinajstić information content (AvgIpc) is 1.61. The zero-order valence-corrected chi connectivity index (χ0v) is 5.82. The molecule has 2 heteroatoms. The van der Waals surface area contributed by atoms with Gasteiger partial charge < -0.3 is 0 Å². The molecule has 0 aliphatic heterocycles. The molecule has 0 unspecified atom stereocenters. The second kappa shape index (κ2) is 5.28. The minimum absolute atomic E-state index is 0.0970. The largest absolute Gasteiger partial charge is 0.0702 e. The standard InChI is InChI=1S/C4H11BSi/c1-2-3-4-6-5/h2-4,6H2,1H3. The Hall–Kier alpha value is 0.282. The molecule has 0 aromatic rings. The van der Waals surface area contributed by atoms with Gasteiger partial charge in [-0.3, -0.25) is 0 Å². The summed E-state index contributed by atoms with van der Waals surface area (Å²) in [6, 6.07) is 1.33. The fourth-order valence-corrected chi connectivity index (χ4v) is 1.18. The van der Waals surface area contributed by atoms with Gasteiger partial charge in [0, 0.05) is 7.44 Å². The highest BCUT2D eigenvalue weighted by atomic mass is 28.2. The van der Waals surface area contributed by atoms with Gasteiger partial charge in [-0.05, 0) is 9.39 Å². The van der Waals surface area contributed by atoms with Crippen molar-refractivity contribution in [3.63, 3.8) is 0 Å². The maximum Gasteiger partial charge on any atom is 0.0479 e. The Labute approximate surface area is 43.5 Å². The van der Waals surface area contributed by atoms with E-state index in [9.17, 15) is 0 Å². The Bertz CT molecular complexity index is 19.5. The van der Waals surface area contributed by atoms with Gasteiger partial charge in [-0.1, -0.05) is 25.8 Å². The molecule has 0 aromatic heterocycles. The Balaban J connectivity index is 2.34. The molecule has 0 fully saturated rings. The smallest absolute Gasteiger partial charge is 0.0479 e. The lowest BCUT2D eigenvalue weighted by atomic mass is 10.4. The maximum absolute atomic E-state index is 5.35. The van der Waals surface area contributed by atoms with E-state index in [-0.39, 0.29) is 9.39 Å². The number of hydrogen-bond donors (Lipinski definition) is 0. The lowest BCUT2D eigenvalue weighted by molar-refractivity contribution is 0.882. The highest BCUT2D eigenvalue weighted by molar-refractivity contribution is 6.89. The van der Waals surface area contributed by atoms with Crippen molar-refractivity contribution in [2.24, 2.45) is 0 Å². The van der Waals surface area contributed by atoms with Crippen molar-refractivity contribution in [1.29, 1.82) is 0 Å². The van der Waals surface area contributed by atoms with E-state index in [1.54, 1.807) is 0 Å². The molecule has 0 bridgehead atoms. The molecular weight excluding hydrogens is 86.9 g/mol. The van der Waals surface area contributed by atoms with Crippen LogP contribution in [0.1, 0.15) is 19.8 Å². The summed E-state index contributed by atoms with van der Waals surface area (Å²) in [7, 11) is 5.26. The number of unbranched alkanes of at least 4 members (excludes halogenated alkanes) is 1. The number of hydrogen-bond acceptors (Lipinski definition) is 0. The Kier molecular flexibility index (Phi) is 5.53. The van der Waals surface area contributed by atoms with Crippen LogP contribution >= 0.6 is 0 Å². The van der Waals surface area contributed by atoms with Crippen molar-refractivity contribution < 1.29 is 0 Å². The molecule has 0 amide bonds. The van der Waals surface area contributed by atoms with Gasteiger partial charge in [-0.2, -0.15) is 0 Å². The topological polar surface area (TPSA) is 0 Å².